The second kappa shape index (κ2) is 17.2. The molecule has 4 radical (unpaired) electrons. The molecule has 0 fully saturated rings. The topological polar surface area (TPSA) is 13.1 Å². The number of furan rings is 1. The highest BCUT2D eigenvalue weighted by Gasteiger charge is 2.45. The molecule has 0 spiro atoms. The molecule has 0 atom stereocenters. The number of fused-ring (bicyclic) bond motifs is 4. The summed E-state index contributed by atoms with van der Waals surface area (Å²) in [5, 5.41) is 2.19. The molecule has 9 rings (SSSR count). The van der Waals surface area contributed by atoms with E-state index in [1.807, 2.05) is 37.3 Å². The molecule has 1 aliphatic carbocycles. The van der Waals surface area contributed by atoms with E-state index in [1.54, 1.807) is 0 Å². The Hall–Kier alpha value is -6.31. The average molecular weight is 733 g/mol. The van der Waals surface area contributed by atoms with Gasteiger partial charge in [0.05, 0.1) is 15.7 Å². The van der Waals surface area contributed by atoms with Gasteiger partial charge in [-0.15, -0.1) is 0 Å². The smallest absolute Gasteiger partial charge is 0.142 e. The maximum absolute atomic E-state index is 6.64. The molecule has 1 nitrogen and oxygen atoms in total. The third-order valence-electron chi connectivity index (χ3n) is 10.9. The van der Waals surface area contributed by atoms with Crippen molar-refractivity contribution < 1.29 is 4.42 Å². The number of para-hydroxylation sites is 1. The van der Waals surface area contributed by atoms with Gasteiger partial charge in [-0.1, -0.05) is 211 Å². The first-order chi connectivity index (χ1) is 27.8. The predicted molar refractivity (Wildman–Crippen MR) is 244 cm³/mol. The van der Waals surface area contributed by atoms with E-state index >= 15 is 0 Å². The molecule has 0 aliphatic heterocycles. The number of hydrogen-bond acceptors (Lipinski definition) is 1. The molecule has 1 aromatic heterocycles. The Balaban J connectivity index is 0.000000201. The fraction of sp³-hybridized carbons (Fsp3) is 0.111. The van der Waals surface area contributed by atoms with Gasteiger partial charge in [0.1, 0.15) is 11.0 Å². The van der Waals surface area contributed by atoms with E-state index in [0.717, 1.165) is 55.0 Å². The van der Waals surface area contributed by atoms with E-state index in [0.29, 0.717) is 0 Å². The van der Waals surface area contributed by atoms with Gasteiger partial charge < -0.3 is 4.42 Å². The second-order valence-corrected chi connectivity index (χ2v) is 14.6. The minimum absolute atomic E-state index is 0.620. The molecule has 8 aromatic rings. The highest BCUT2D eigenvalue weighted by Crippen LogP contribution is 2.56. The number of benzene rings is 7. The van der Waals surface area contributed by atoms with Crippen LogP contribution in [0.25, 0.3) is 44.9 Å². The van der Waals surface area contributed by atoms with Gasteiger partial charge in [0.25, 0.3) is 0 Å². The van der Waals surface area contributed by atoms with Crippen LogP contribution < -0.4 is 10.6 Å². The summed E-state index contributed by atoms with van der Waals surface area (Å²) < 4.78 is 6.43. The Morgan fingerprint density at radius 1 is 0.579 bits per heavy atom. The third kappa shape index (κ3) is 7.63. The van der Waals surface area contributed by atoms with Crippen LogP contribution >= 0.6 is 0 Å². The number of hydrogen-bond donors (Lipinski definition) is 0. The molecule has 0 saturated carbocycles. The van der Waals surface area contributed by atoms with E-state index in [1.165, 1.54) is 33.4 Å². The lowest BCUT2D eigenvalue weighted by Gasteiger charge is -2.38. The molecule has 0 saturated heterocycles. The summed E-state index contributed by atoms with van der Waals surface area (Å²) in [5.74, 6) is 0. The summed E-state index contributed by atoms with van der Waals surface area (Å²) >= 11 is 0. The fourth-order valence-corrected chi connectivity index (χ4v) is 8.06. The van der Waals surface area contributed by atoms with Crippen molar-refractivity contribution in [3.05, 3.63) is 238 Å². The minimum atomic E-state index is -0.640. The predicted octanol–water partition coefficient (Wildman–Crippen LogP) is 12.0. The van der Waals surface area contributed by atoms with Crippen molar-refractivity contribution in [2.45, 2.75) is 38.8 Å². The van der Waals surface area contributed by atoms with Gasteiger partial charge in [-0.3, -0.25) is 0 Å². The zero-order chi connectivity index (χ0) is 39.9. The summed E-state index contributed by atoms with van der Waals surface area (Å²) in [4.78, 5) is 0. The number of rotatable bonds is 5. The van der Waals surface area contributed by atoms with Crippen LogP contribution in [0.3, 0.4) is 0 Å². The van der Waals surface area contributed by atoms with E-state index in [9.17, 15) is 0 Å². The van der Waals surface area contributed by atoms with Crippen molar-refractivity contribution in [2.24, 2.45) is 0 Å². The third-order valence-corrected chi connectivity index (χ3v) is 10.9. The SMILES string of the molecule is Cc1ccc(-c2ccccc2)cc1.Cc1ccccc1.[B]C([B])C1(c2ccc(/C(C=C)=c3\oc4c(C)cccc4\c3=C\C)cc2)c2ccccc2-c2ccccc21. The Labute approximate surface area is 340 Å². The molecular weight excluding hydrogens is 686 g/mol. The molecule has 274 valence electrons. The first-order valence-corrected chi connectivity index (χ1v) is 19.5. The van der Waals surface area contributed by atoms with Crippen molar-refractivity contribution in [3.8, 4) is 22.3 Å². The maximum Gasteiger partial charge on any atom is 0.142 e. The van der Waals surface area contributed by atoms with E-state index in [-0.39, 0.29) is 0 Å². The first-order valence-electron chi connectivity index (χ1n) is 19.5. The minimum Gasteiger partial charge on any atom is -0.455 e. The van der Waals surface area contributed by atoms with Crippen LogP contribution in [0.2, 0.25) is 5.72 Å². The van der Waals surface area contributed by atoms with Crippen LogP contribution in [0.15, 0.2) is 193 Å². The molecule has 0 N–H and O–H groups in total. The number of allylic oxidation sites excluding steroid dienone is 1. The molecule has 0 unspecified atom stereocenters. The summed E-state index contributed by atoms with van der Waals surface area (Å²) in [6, 6.07) is 61.0. The summed E-state index contributed by atoms with van der Waals surface area (Å²) in [6.45, 7) is 12.4. The van der Waals surface area contributed by atoms with Crippen molar-refractivity contribution in [1.29, 1.82) is 0 Å². The Morgan fingerprint density at radius 2 is 1.11 bits per heavy atom. The summed E-state index contributed by atoms with van der Waals surface area (Å²) in [7, 11) is 13.3. The lowest BCUT2D eigenvalue weighted by molar-refractivity contribution is 0.571. The van der Waals surface area contributed by atoms with Gasteiger partial charge in [-0.25, -0.2) is 0 Å². The fourth-order valence-electron chi connectivity index (χ4n) is 8.06. The molecule has 57 heavy (non-hydrogen) atoms. The number of aryl methyl sites for hydroxylation is 3. The zero-order valence-electron chi connectivity index (χ0n) is 33.2. The monoisotopic (exact) mass is 732 g/mol. The van der Waals surface area contributed by atoms with Gasteiger partial charge in [-0.2, -0.15) is 0 Å². The van der Waals surface area contributed by atoms with Gasteiger partial charge in [0.15, 0.2) is 0 Å². The lowest BCUT2D eigenvalue weighted by atomic mass is 9.49. The van der Waals surface area contributed by atoms with Crippen LogP contribution in [0.1, 0.15) is 45.9 Å². The van der Waals surface area contributed by atoms with Crippen LogP contribution in [0.4, 0.5) is 0 Å². The molecular formula is C54H46B2O. The summed E-state index contributed by atoms with van der Waals surface area (Å²) in [5.41, 5.74) is 14.5. The molecule has 3 heteroatoms. The lowest BCUT2D eigenvalue weighted by Crippen LogP contribution is -2.33. The molecule has 0 amide bonds. The van der Waals surface area contributed by atoms with Crippen LogP contribution in [-0.2, 0) is 5.41 Å². The van der Waals surface area contributed by atoms with Gasteiger partial charge in [-0.05, 0) is 77.8 Å². The van der Waals surface area contributed by atoms with Crippen molar-refractivity contribution in [3.63, 3.8) is 0 Å². The van der Waals surface area contributed by atoms with E-state index < -0.39 is 11.1 Å². The molecule has 0 bridgehead atoms. The van der Waals surface area contributed by atoms with Crippen LogP contribution in [0.5, 0.6) is 0 Å². The van der Waals surface area contributed by atoms with Gasteiger partial charge in [0, 0.05) is 21.6 Å². The second-order valence-electron chi connectivity index (χ2n) is 14.6. The van der Waals surface area contributed by atoms with Crippen LogP contribution in [-0.4, -0.2) is 15.7 Å². The van der Waals surface area contributed by atoms with Crippen molar-refractivity contribution in [2.75, 3.05) is 0 Å². The standard InChI is InChI=1S/C34H26B2O.C13H12.C7H8/c1-4-24(32-25(5-2)28-14-10-11-21(3)31(28)37-32)22-17-19-23(20-18-22)34(33(35)36)29-15-8-6-12-26(29)27-13-7-9-16-30(27)34;1-11-7-9-13(10-8-11)12-5-3-2-4-6-12;1-7-5-3-2-4-6-7/h4-20,33H,1H2,2-3H3;2-10H,1H3;2-6H,1H3/b25-5-,32-24-;;. The quantitative estimate of drug-likeness (QED) is 0.161. The van der Waals surface area contributed by atoms with E-state index in [2.05, 4.69) is 185 Å². The zero-order valence-corrected chi connectivity index (χ0v) is 33.2. The molecule has 7 aromatic carbocycles. The highest BCUT2D eigenvalue weighted by molar-refractivity contribution is 6.37. The van der Waals surface area contributed by atoms with E-state index in [4.69, 9.17) is 20.1 Å². The normalized spacial score (nSPS) is 13.1. The van der Waals surface area contributed by atoms with Crippen LogP contribution in [0, 0.1) is 20.8 Å². The average Bonchev–Trinajstić information content (AvgIpc) is 3.78. The van der Waals surface area contributed by atoms with Crippen molar-refractivity contribution in [1.82, 2.24) is 0 Å². The highest BCUT2D eigenvalue weighted by atomic mass is 16.3. The molecule has 1 aliphatic rings. The van der Waals surface area contributed by atoms with Crippen molar-refractivity contribution >= 4 is 38.3 Å². The Morgan fingerprint density at radius 3 is 1.63 bits per heavy atom. The molecule has 1 heterocycles. The maximum atomic E-state index is 6.64. The Bertz CT molecular complexity index is 2700. The summed E-state index contributed by atoms with van der Waals surface area (Å²) in [6.07, 6.45) is 3.98. The van der Waals surface area contributed by atoms with Gasteiger partial charge >= 0.3 is 0 Å². The van der Waals surface area contributed by atoms with Gasteiger partial charge in [0.2, 0.25) is 0 Å². The first kappa shape index (κ1) is 38.9. The Kier molecular flexibility index (Phi) is 11.8. The largest absolute Gasteiger partial charge is 0.455 e.